The zero-order chi connectivity index (χ0) is 9.26. The van der Waals surface area contributed by atoms with Crippen molar-refractivity contribution in [1.82, 2.24) is 9.97 Å². The summed E-state index contributed by atoms with van der Waals surface area (Å²) in [6, 6.07) is 3.76. The van der Waals surface area contributed by atoms with Crippen molar-refractivity contribution in [2.24, 2.45) is 0 Å². The second-order valence-electron chi connectivity index (χ2n) is 2.90. The molecule has 0 radical (unpaired) electrons. The van der Waals surface area contributed by atoms with Crippen molar-refractivity contribution in [3.05, 3.63) is 36.0 Å². The standard InChI is InChI=1S/C10H10N2O/c1-7-8(2)13-10(12-7)9-3-5-11-6-4-9/h3-6H,1-2H3. The van der Waals surface area contributed by atoms with E-state index < -0.39 is 0 Å². The monoisotopic (exact) mass is 174 g/mol. The van der Waals surface area contributed by atoms with Crippen LogP contribution < -0.4 is 0 Å². The molecule has 0 aliphatic heterocycles. The molecule has 0 aromatic carbocycles. The number of hydrogen-bond donors (Lipinski definition) is 0. The molecule has 0 amide bonds. The van der Waals surface area contributed by atoms with Crippen LogP contribution >= 0.6 is 0 Å². The third-order valence-corrected chi connectivity index (χ3v) is 1.96. The van der Waals surface area contributed by atoms with E-state index in [1.54, 1.807) is 12.4 Å². The van der Waals surface area contributed by atoms with Gasteiger partial charge in [0.1, 0.15) is 5.76 Å². The predicted molar refractivity (Wildman–Crippen MR) is 49.2 cm³/mol. The first-order valence-electron chi connectivity index (χ1n) is 4.12. The smallest absolute Gasteiger partial charge is 0.226 e. The molecule has 2 rings (SSSR count). The van der Waals surface area contributed by atoms with E-state index in [-0.39, 0.29) is 0 Å². The van der Waals surface area contributed by atoms with Gasteiger partial charge in [-0.3, -0.25) is 4.98 Å². The van der Waals surface area contributed by atoms with Crippen LogP contribution in [0.1, 0.15) is 11.5 Å². The first-order chi connectivity index (χ1) is 6.27. The molecule has 0 unspecified atom stereocenters. The van der Waals surface area contributed by atoms with Gasteiger partial charge in [-0.1, -0.05) is 0 Å². The zero-order valence-corrected chi connectivity index (χ0v) is 7.61. The molecular weight excluding hydrogens is 164 g/mol. The summed E-state index contributed by atoms with van der Waals surface area (Å²) in [6.07, 6.45) is 3.45. The predicted octanol–water partition coefficient (Wildman–Crippen LogP) is 2.35. The highest BCUT2D eigenvalue weighted by molar-refractivity contribution is 5.52. The van der Waals surface area contributed by atoms with Gasteiger partial charge in [-0.2, -0.15) is 0 Å². The van der Waals surface area contributed by atoms with Gasteiger partial charge in [0, 0.05) is 18.0 Å². The lowest BCUT2D eigenvalue weighted by Crippen LogP contribution is -1.77. The summed E-state index contributed by atoms with van der Waals surface area (Å²) in [5.41, 5.74) is 1.90. The average molecular weight is 174 g/mol. The minimum atomic E-state index is 0.664. The summed E-state index contributed by atoms with van der Waals surface area (Å²) >= 11 is 0. The van der Waals surface area contributed by atoms with Gasteiger partial charge in [0.05, 0.1) is 5.69 Å². The number of aromatic nitrogens is 2. The van der Waals surface area contributed by atoms with Gasteiger partial charge in [-0.25, -0.2) is 4.98 Å². The molecule has 0 spiro atoms. The van der Waals surface area contributed by atoms with Gasteiger partial charge in [0.25, 0.3) is 0 Å². The fraction of sp³-hybridized carbons (Fsp3) is 0.200. The van der Waals surface area contributed by atoms with E-state index in [1.165, 1.54) is 0 Å². The largest absolute Gasteiger partial charge is 0.441 e. The van der Waals surface area contributed by atoms with Gasteiger partial charge in [0.2, 0.25) is 5.89 Å². The summed E-state index contributed by atoms with van der Waals surface area (Å²) < 4.78 is 5.46. The second-order valence-corrected chi connectivity index (χ2v) is 2.90. The SMILES string of the molecule is Cc1nc(-c2ccncc2)oc1C. The van der Waals surface area contributed by atoms with Crippen LogP contribution in [-0.4, -0.2) is 9.97 Å². The topological polar surface area (TPSA) is 38.9 Å². The Balaban J connectivity index is 2.48. The molecule has 3 nitrogen and oxygen atoms in total. The van der Waals surface area contributed by atoms with Crippen molar-refractivity contribution in [3.63, 3.8) is 0 Å². The van der Waals surface area contributed by atoms with Crippen molar-refractivity contribution in [1.29, 1.82) is 0 Å². The number of hydrogen-bond acceptors (Lipinski definition) is 3. The Morgan fingerprint density at radius 1 is 1.15 bits per heavy atom. The Kier molecular flexibility index (Phi) is 1.85. The Bertz CT molecular complexity index is 387. The molecule has 0 saturated carbocycles. The number of oxazole rings is 1. The molecular formula is C10H10N2O. The van der Waals surface area contributed by atoms with Gasteiger partial charge in [0.15, 0.2) is 0 Å². The average Bonchev–Trinajstić information content (AvgIpc) is 2.49. The first-order valence-corrected chi connectivity index (χ1v) is 4.12. The molecule has 0 atom stereocenters. The van der Waals surface area contributed by atoms with Crippen molar-refractivity contribution in [3.8, 4) is 11.5 Å². The molecule has 0 N–H and O–H groups in total. The van der Waals surface area contributed by atoms with E-state index in [0.29, 0.717) is 5.89 Å². The third-order valence-electron chi connectivity index (χ3n) is 1.96. The van der Waals surface area contributed by atoms with Crippen LogP contribution in [0.4, 0.5) is 0 Å². The van der Waals surface area contributed by atoms with E-state index in [1.807, 2.05) is 26.0 Å². The zero-order valence-electron chi connectivity index (χ0n) is 7.61. The number of rotatable bonds is 1. The van der Waals surface area contributed by atoms with Crippen molar-refractivity contribution in [2.75, 3.05) is 0 Å². The second kappa shape index (κ2) is 3.01. The Labute approximate surface area is 76.5 Å². The number of aryl methyl sites for hydroxylation is 2. The third kappa shape index (κ3) is 1.45. The highest BCUT2D eigenvalue weighted by Crippen LogP contribution is 2.19. The maximum absolute atomic E-state index is 5.46. The lowest BCUT2D eigenvalue weighted by molar-refractivity contribution is 0.540. The summed E-state index contributed by atoms with van der Waals surface area (Å²) in [6.45, 7) is 3.84. The van der Waals surface area contributed by atoms with Crippen LogP contribution in [0, 0.1) is 13.8 Å². The molecule has 0 saturated heterocycles. The number of nitrogens with zero attached hydrogens (tertiary/aromatic N) is 2. The van der Waals surface area contributed by atoms with Crippen LogP contribution in [0.2, 0.25) is 0 Å². The maximum Gasteiger partial charge on any atom is 0.226 e. The fourth-order valence-corrected chi connectivity index (χ4v) is 1.09. The summed E-state index contributed by atoms with van der Waals surface area (Å²) in [5.74, 6) is 1.53. The van der Waals surface area contributed by atoms with Crippen molar-refractivity contribution >= 4 is 0 Å². The van der Waals surface area contributed by atoms with Gasteiger partial charge < -0.3 is 4.42 Å². The normalized spacial score (nSPS) is 10.3. The Morgan fingerprint density at radius 3 is 2.38 bits per heavy atom. The molecule has 0 aliphatic rings. The maximum atomic E-state index is 5.46. The van der Waals surface area contributed by atoms with E-state index in [2.05, 4.69) is 9.97 Å². The van der Waals surface area contributed by atoms with Crippen LogP contribution in [0.15, 0.2) is 28.9 Å². The summed E-state index contributed by atoms with van der Waals surface area (Å²) in [7, 11) is 0. The molecule has 2 heterocycles. The van der Waals surface area contributed by atoms with E-state index in [4.69, 9.17) is 4.42 Å². The first kappa shape index (κ1) is 7.98. The van der Waals surface area contributed by atoms with Gasteiger partial charge in [-0.15, -0.1) is 0 Å². The van der Waals surface area contributed by atoms with E-state index in [0.717, 1.165) is 17.0 Å². The minimum Gasteiger partial charge on any atom is -0.441 e. The highest BCUT2D eigenvalue weighted by Gasteiger charge is 2.06. The fourth-order valence-electron chi connectivity index (χ4n) is 1.09. The molecule has 0 fully saturated rings. The van der Waals surface area contributed by atoms with Crippen molar-refractivity contribution < 1.29 is 4.42 Å². The molecule has 2 aromatic rings. The van der Waals surface area contributed by atoms with Gasteiger partial charge >= 0.3 is 0 Å². The van der Waals surface area contributed by atoms with E-state index in [9.17, 15) is 0 Å². The Morgan fingerprint density at radius 2 is 1.85 bits per heavy atom. The molecule has 3 heteroatoms. The molecule has 0 aliphatic carbocycles. The quantitative estimate of drug-likeness (QED) is 0.666. The van der Waals surface area contributed by atoms with Crippen LogP contribution in [-0.2, 0) is 0 Å². The molecule has 2 aromatic heterocycles. The molecule has 0 bridgehead atoms. The molecule has 66 valence electrons. The van der Waals surface area contributed by atoms with Crippen LogP contribution in [0.5, 0.6) is 0 Å². The lowest BCUT2D eigenvalue weighted by atomic mass is 10.3. The summed E-state index contributed by atoms with van der Waals surface area (Å²) in [4.78, 5) is 8.22. The van der Waals surface area contributed by atoms with Gasteiger partial charge in [-0.05, 0) is 26.0 Å². The minimum absolute atomic E-state index is 0.664. The van der Waals surface area contributed by atoms with E-state index >= 15 is 0 Å². The number of pyridine rings is 1. The lowest BCUT2D eigenvalue weighted by Gasteiger charge is -1.91. The van der Waals surface area contributed by atoms with Crippen molar-refractivity contribution in [2.45, 2.75) is 13.8 Å². The summed E-state index contributed by atoms with van der Waals surface area (Å²) in [5, 5.41) is 0. The Hall–Kier alpha value is -1.64. The molecule has 13 heavy (non-hydrogen) atoms. The highest BCUT2D eigenvalue weighted by atomic mass is 16.4. The van der Waals surface area contributed by atoms with Crippen LogP contribution in [0.25, 0.3) is 11.5 Å². The van der Waals surface area contributed by atoms with Crippen LogP contribution in [0.3, 0.4) is 0 Å².